The molecule has 1 unspecified atom stereocenters. The number of hydrogen-bond donors (Lipinski definition) is 0. The molecule has 1 atom stereocenters. The molecular formula is C20H16NO4-. The van der Waals surface area contributed by atoms with E-state index in [4.69, 9.17) is 0 Å². The molecule has 1 saturated heterocycles. The predicted molar refractivity (Wildman–Crippen MR) is 91.2 cm³/mol. The number of aliphatic carboxylic acids is 1. The SMILES string of the molecule is O=C([O-])C=Cc1ccc(N2C(=O)CC(Cc3ccccc3)C2=O)cc1. The minimum atomic E-state index is -1.28. The first-order chi connectivity index (χ1) is 12.0. The van der Waals surface area contributed by atoms with Gasteiger partial charge in [-0.15, -0.1) is 0 Å². The van der Waals surface area contributed by atoms with Gasteiger partial charge in [0.25, 0.3) is 0 Å². The summed E-state index contributed by atoms with van der Waals surface area (Å²) in [5, 5.41) is 10.4. The van der Waals surface area contributed by atoms with Crippen molar-refractivity contribution < 1.29 is 19.5 Å². The van der Waals surface area contributed by atoms with Crippen LogP contribution in [-0.2, 0) is 20.8 Å². The summed E-state index contributed by atoms with van der Waals surface area (Å²) in [5.74, 6) is -2.05. The topological polar surface area (TPSA) is 77.5 Å². The zero-order chi connectivity index (χ0) is 17.8. The lowest BCUT2D eigenvalue weighted by Gasteiger charge is -2.15. The maximum atomic E-state index is 12.6. The summed E-state index contributed by atoms with van der Waals surface area (Å²) >= 11 is 0. The summed E-state index contributed by atoms with van der Waals surface area (Å²) < 4.78 is 0. The average Bonchev–Trinajstić information content (AvgIpc) is 2.88. The molecule has 2 aromatic rings. The number of hydrogen-bond acceptors (Lipinski definition) is 4. The molecule has 0 aromatic heterocycles. The molecule has 1 heterocycles. The van der Waals surface area contributed by atoms with Crippen molar-refractivity contribution in [2.45, 2.75) is 12.8 Å². The summed E-state index contributed by atoms with van der Waals surface area (Å²) in [7, 11) is 0. The summed E-state index contributed by atoms with van der Waals surface area (Å²) in [6.07, 6.45) is 3.05. The fourth-order valence-corrected chi connectivity index (χ4v) is 2.92. The normalized spacial score (nSPS) is 17.4. The molecule has 0 aliphatic carbocycles. The van der Waals surface area contributed by atoms with E-state index in [2.05, 4.69) is 0 Å². The number of carbonyl (C=O) groups excluding carboxylic acids is 3. The van der Waals surface area contributed by atoms with Crippen molar-refractivity contribution in [3.63, 3.8) is 0 Å². The highest BCUT2D eigenvalue weighted by atomic mass is 16.4. The first-order valence-electron chi connectivity index (χ1n) is 7.94. The number of benzene rings is 2. The number of carboxylic acid groups (broad SMARTS) is 1. The molecule has 1 fully saturated rings. The van der Waals surface area contributed by atoms with E-state index < -0.39 is 5.97 Å². The first-order valence-corrected chi connectivity index (χ1v) is 7.94. The van der Waals surface area contributed by atoms with Crippen molar-refractivity contribution in [3.05, 3.63) is 71.8 Å². The third kappa shape index (κ3) is 3.83. The summed E-state index contributed by atoms with van der Waals surface area (Å²) in [6.45, 7) is 0. The van der Waals surface area contributed by atoms with Crippen molar-refractivity contribution in [2.24, 2.45) is 5.92 Å². The van der Waals surface area contributed by atoms with E-state index in [0.717, 1.165) is 11.6 Å². The van der Waals surface area contributed by atoms with Gasteiger partial charge in [-0.25, -0.2) is 0 Å². The highest BCUT2D eigenvalue weighted by Crippen LogP contribution is 2.29. The van der Waals surface area contributed by atoms with Crippen LogP contribution in [0.15, 0.2) is 60.7 Å². The Balaban J connectivity index is 1.75. The van der Waals surface area contributed by atoms with E-state index in [-0.39, 0.29) is 24.2 Å². The number of anilines is 1. The molecule has 2 amide bonds. The molecule has 0 bridgehead atoms. The van der Waals surface area contributed by atoms with E-state index in [1.165, 1.54) is 11.0 Å². The Morgan fingerprint density at radius 3 is 2.40 bits per heavy atom. The van der Waals surface area contributed by atoms with Gasteiger partial charge in [-0.2, -0.15) is 0 Å². The van der Waals surface area contributed by atoms with Crippen LogP contribution < -0.4 is 10.0 Å². The van der Waals surface area contributed by atoms with Crippen LogP contribution in [0.5, 0.6) is 0 Å². The van der Waals surface area contributed by atoms with Crippen LogP contribution in [0.2, 0.25) is 0 Å². The van der Waals surface area contributed by atoms with Gasteiger partial charge in [-0.1, -0.05) is 48.5 Å². The van der Waals surface area contributed by atoms with Crippen molar-refractivity contribution in [3.8, 4) is 0 Å². The van der Waals surface area contributed by atoms with E-state index >= 15 is 0 Å². The Kier molecular flexibility index (Phi) is 4.75. The molecule has 0 N–H and O–H groups in total. The lowest BCUT2D eigenvalue weighted by Crippen LogP contribution is -2.30. The largest absolute Gasteiger partial charge is 0.545 e. The average molecular weight is 334 g/mol. The van der Waals surface area contributed by atoms with Gasteiger partial charge in [-0.05, 0) is 35.8 Å². The van der Waals surface area contributed by atoms with Gasteiger partial charge in [-0.3, -0.25) is 14.5 Å². The van der Waals surface area contributed by atoms with Crippen molar-refractivity contribution in [1.82, 2.24) is 0 Å². The van der Waals surface area contributed by atoms with Crippen LogP contribution in [0, 0.1) is 5.92 Å². The third-order valence-electron chi connectivity index (χ3n) is 4.13. The van der Waals surface area contributed by atoms with Gasteiger partial charge in [0.2, 0.25) is 11.8 Å². The van der Waals surface area contributed by atoms with Gasteiger partial charge in [0, 0.05) is 6.42 Å². The lowest BCUT2D eigenvalue weighted by molar-refractivity contribution is -0.297. The van der Waals surface area contributed by atoms with Crippen molar-refractivity contribution in [1.29, 1.82) is 0 Å². The minimum Gasteiger partial charge on any atom is -0.545 e. The van der Waals surface area contributed by atoms with Gasteiger partial charge in [0.1, 0.15) is 0 Å². The molecular weight excluding hydrogens is 318 g/mol. The Bertz CT molecular complexity index is 825. The summed E-state index contributed by atoms with van der Waals surface area (Å²) in [6, 6.07) is 16.2. The Morgan fingerprint density at radius 2 is 1.76 bits per heavy atom. The minimum absolute atomic E-state index is 0.195. The van der Waals surface area contributed by atoms with E-state index in [9.17, 15) is 19.5 Å². The molecule has 5 heteroatoms. The predicted octanol–water partition coefficient (Wildman–Crippen LogP) is 1.57. The fraction of sp³-hybridized carbons (Fsp3) is 0.150. The molecule has 126 valence electrons. The van der Waals surface area contributed by atoms with Crippen LogP contribution >= 0.6 is 0 Å². The smallest absolute Gasteiger partial charge is 0.237 e. The Morgan fingerprint density at radius 1 is 1.08 bits per heavy atom. The second kappa shape index (κ2) is 7.13. The molecule has 0 saturated carbocycles. The van der Waals surface area contributed by atoms with E-state index in [1.54, 1.807) is 24.3 Å². The zero-order valence-corrected chi connectivity index (χ0v) is 13.4. The summed E-state index contributed by atoms with van der Waals surface area (Å²) in [4.78, 5) is 36.6. The standard InChI is InChI=1S/C20H17NO4/c22-18-13-16(12-15-4-2-1-3-5-15)20(25)21(18)17-9-6-14(7-10-17)8-11-19(23)24/h1-11,16H,12-13H2,(H,23,24)/p-1. The second-order valence-corrected chi connectivity index (χ2v) is 5.90. The highest BCUT2D eigenvalue weighted by Gasteiger charge is 2.39. The van der Waals surface area contributed by atoms with Crippen molar-refractivity contribution >= 4 is 29.5 Å². The fourth-order valence-electron chi connectivity index (χ4n) is 2.92. The lowest BCUT2D eigenvalue weighted by atomic mass is 9.98. The monoisotopic (exact) mass is 334 g/mol. The van der Waals surface area contributed by atoms with Crippen LogP contribution in [0.25, 0.3) is 6.08 Å². The molecule has 25 heavy (non-hydrogen) atoms. The summed E-state index contributed by atoms with van der Waals surface area (Å²) in [5.41, 5.74) is 2.17. The molecule has 1 aliphatic rings. The molecule has 2 aromatic carbocycles. The third-order valence-corrected chi connectivity index (χ3v) is 4.13. The molecule has 3 rings (SSSR count). The van der Waals surface area contributed by atoms with Crippen LogP contribution in [0.1, 0.15) is 17.5 Å². The number of nitrogens with zero attached hydrogens (tertiary/aromatic N) is 1. The molecule has 0 spiro atoms. The second-order valence-electron chi connectivity index (χ2n) is 5.90. The Hall–Kier alpha value is -3.21. The number of carbonyl (C=O) groups is 3. The maximum Gasteiger partial charge on any atom is 0.237 e. The number of carboxylic acids is 1. The quantitative estimate of drug-likeness (QED) is 0.614. The van der Waals surface area contributed by atoms with Gasteiger partial charge >= 0.3 is 0 Å². The van der Waals surface area contributed by atoms with E-state index in [1.807, 2.05) is 30.3 Å². The van der Waals surface area contributed by atoms with Gasteiger partial charge < -0.3 is 9.90 Å². The molecule has 0 radical (unpaired) electrons. The number of imide groups is 1. The van der Waals surface area contributed by atoms with Crippen LogP contribution in [-0.4, -0.2) is 17.8 Å². The van der Waals surface area contributed by atoms with Crippen molar-refractivity contribution in [2.75, 3.05) is 4.90 Å². The number of rotatable bonds is 5. The van der Waals surface area contributed by atoms with Crippen LogP contribution in [0.4, 0.5) is 5.69 Å². The zero-order valence-electron chi connectivity index (χ0n) is 13.4. The van der Waals surface area contributed by atoms with Crippen LogP contribution in [0.3, 0.4) is 0 Å². The Labute approximate surface area is 145 Å². The van der Waals surface area contributed by atoms with Gasteiger partial charge in [0.05, 0.1) is 17.6 Å². The van der Waals surface area contributed by atoms with E-state index in [0.29, 0.717) is 17.7 Å². The molecule has 5 nitrogen and oxygen atoms in total. The van der Waals surface area contributed by atoms with Gasteiger partial charge in [0.15, 0.2) is 0 Å². The first kappa shape index (κ1) is 16.6. The molecule has 1 aliphatic heterocycles. The highest BCUT2D eigenvalue weighted by molar-refractivity contribution is 6.21. The number of amides is 2. The maximum absolute atomic E-state index is 12.6.